The molecule has 4 amide bonds. The summed E-state index contributed by atoms with van der Waals surface area (Å²) < 4.78 is 20.2. The fraction of sp³-hybridized carbons (Fsp3) is 0.206. The number of rotatable bonds is 9. The molecule has 11 nitrogen and oxygen atoms in total. The largest absolute Gasteiger partial charge is 0.494 e. The van der Waals surface area contributed by atoms with Crippen LogP contribution in [0, 0.1) is 5.82 Å². The molecule has 0 radical (unpaired) electrons. The quantitative estimate of drug-likeness (QED) is 0.165. The van der Waals surface area contributed by atoms with E-state index in [4.69, 9.17) is 4.74 Å². The number of hydrogen-bond donors (Lipinski definition) is 2. The van der Waals surface area contributed by atoms with Crippen molar-refractivity contribution >= 4 is 51.0 Å². The van der Waals surface area contributed by atoms with Crippen molar-refractivity contribution in [1.82, 2.24) is 25.2 Å². The number of pyridine rings is 2. The Labute approximate surface area is 271 Å². The SMILES string of the molecule is O=C1CCC(N2Cc3cc(OCCCC(=O)Nc4cc(-c5ccc(-c6nc7ccc(F)cc7s6)nc5)ccn4)ccc3C2=O)C(=O)N1. The van der Waals surface area contributed by atoms with Gasteiger partial charge >= 0.3 is 0 Å². The third-order valence-corrected chi connectivity index (χ3v) is 9.05. The van der Waals surface area contributed by atoms with Crippen LogP contribution < -0.4 is 15.4 Å². The van der Waals surface area contributed by atoms with Gasteiger partial charge in [-0.05, 0) is 78.6 Å². The molecule has 0 aliphatic carbocycles. The molecule has 1 saturated heterocycles. The number of benzene rings is 2. The summed E-state index contributed by atoms with van der Waals surface area (Å²) in [6, 6.07) is 16.3. The average molecular weight is 651 g/mol. The number of nitrogens with one attached hydrogen (secondary N) is 2. The van der Waals surface area contributed by atoms with Crippen LogP contribution in [-0.2, 0) is 20.9 Å². The highest BCUT2D eigenvalue weighted by atomic mass is 32.1. The highest BCUT2D eigenvalue weighted by molar-refractivity contribution is 7.21. The normalized spacial score (nSPS) is 15.9. The Morgan fingerprint density at radius 3 is 2.77 bits per heavy atom. The summed E-state index contributed by atoms with van der Waals surface area (Å²) in [5, 5.41) is 5.83. The highest BCUT2D eigenvalue weighted by Crippen LogP contribution is 2.32. The number of nitrogens with zero attached hydrogens (tertiary/aromatic N) is 4. The minimum Gasteiger partial charge on any atom is -0.494 e. The molecule has 0 spiro atoms. The number of hydrogen-bond acceptors (Lipinski definition) is 9. The molecule has 1 atom stereocenters. The number of fused-ring (bicyclic) bond motifs is 2. The van der Waals surface area contributed by atoms with E-state index in [1.165, 1.54) is 28.4 Å². The fourth-order valence-corrected chi connectivity index (χ4v) is 6.61. The number of piperidine rings is 1. The number of carbonyl (C=O) groups is 4. The van der Waals surface area contributed by atoms with Crippen molar-refractivity contribution in [2.24, 2.45) is 0 Å². The summed E-state index contributed by atoms with van der Waals surface area (Å²) in [5.74, 6) is -0.561. The molecule has 2 aromatic carbocycles. The van der Waals surface area contributed by atoms with Gasteiger partial charge < -0.3 is 15.0 Å². The monoisotopic (exact) mass is 650 g/mol. The van der Waals surface area contributed by atoms with Gasteiger partial charge in [0.15, 0.2) is 0 Å². The number of imide groups is 1. The molecule has 0 saturated carbocycles. The Hall–Kier alpha value is -5.56. The average Bonchev–Trinajstić information content (AvgIpc) is 3.63. The Morgan fingerprint density at radius 1 is 1.04 bits per heavy atom. The van der Waals surface area contributed by atoms with E-state index in [0.29, 0.717) is 40.7 Å². The first-order valence-electron chi connectivity index (χ1n) is 15.0. The standard InChI is InChI=1S/C34H27FN6O5S/c35-22-4-8-25-28(16-22)47-33(38-25)26-7-3-20(17-37-26)19-11-12-36-29(15-19)39-30(42)2-1-13-46-23-5-6-24-21(14-23)18-41(34(24)45)27-9-10-31(43)40-32(27)44/h3-8,11-12,14-17,27H,1-2,9-10,13,18H2,(H,36,39,42)(H,40,43,44). The summed E-state index contributed by atoms with van der Waals surface area (Å²) in [6.45, 7) is 0.546. The van der Waals surface area contributed by atoms with Gasteiger partial charge in [-0.25, -0.2) is 14.4 Å². The summed E-state index contributed by atoms with van der Waals surface area (Å²) in [6.07, 6.45) is 4.50. The van der Waals surface area contributed by atoms with Crippen molar-refractivity contribution < 1.29 is 28.3 Å². The maximum atomic E-state index is 13.6. The smallest absolute Gasteiger partial charge is 0.255 e. The minimum absolute atomic E-state index is 0.198. The van der Waals surface area contributed by atoms with Crippen LogP contribution in [0.3, 0.4) is 0 Å². The lowest BCUT2D eigenvalue weighted by Gasteiger charge is -2.29. The van der Waals surface area contributed by atoms with E-state index in [2.05, 4.69) is 25.6 Å². The van der Waals surface area contributed by atoms with Crippen molar-refractivity contribution in [3.8, 4) is 27.6 Å². The number of ether oxygens (including phenoxy) is 1. The van der Waals surface area contributed by atoms with E-state index in [1.807, 2.05) is 18.2 Å². The first-order valence-corrected chi connectivity index (χ1v) is 15.8. The second-order valence-corrected chi connectivity index (χ2v) is 12.2. The van der Waals surface area contributed by atoms with Crippen LogP contribution in [0.4, 0.5) is 10.2 Å². The number of anilines is 1. The van der Waals surface area contributed by atoms with Crippen molar-refractivity contribution in [3.05, 3.63) is 90.0 Å². The Morgan fingerprint density at radius 2 is 1.94 bits per heavy atom. The predicted molar refractivity (Wildman–Crippen MR) is 172 cm³/mol. The van der Waals surface area contributed by atoms with Gasteiger partial charge in [0, 0.05) is 42.9 Å². The molecule has 2 aliphatic rings. The molecular formula is C34H27FN6O5S. The lowest BCUT2D eigenvalue weighted by Crippen LogP contribution is -2.52. The first kappa shape index (κ1) is 30.1. The van der Waals surface area contributed by atoms with Crippen LogP contribution in [0.5, 0.6) is 5.75 Å². The Bertz CT molecular complexity index is 2050. The minimum atomic E-state index is -0.674. The summed E-state index contributed by atoms with van der Waals surface area (Å²) >= 11 is 1.38. The molecule has 5 heterocycles. The summed E-state index contributed by atoms with van der Waals surface area (Å²) in [4.78, 5) is 64.1. The van der Waals surface area contributed by atoms with Crippen LogP contribution in [0.25, 0.3) is 32.0 Å². The Balaban J connectivity index is 0.902. The van der Waals surface area contributed by atoms with Gasteiger partial charge in [-0.15, -0.1) is 11.3 Å². The maximum absolute atomic E-state index is 13.6. The predicted octanol–water partition coefficient (Wildman–Crippen LogP) is 5.12. The molecule has 13 heteroatoms. The Kier molecular flexibility index (Phi) is 8.12. The van der Waals surface area contributed by atoms with Crippen molar-refractivity contribution in [2.45, 2.75) is 38.3 Å². The molecule has 7 rings (SSSR count). The second kappa shape index (κ2) is 12.7. The number of aromatic nitrogens is 3. The number of amides is 4. The molecular weight excluding hydrogens is 623 g/mol. The summed E-state index contributed by atoms with van der Waals surface area (Å²) in [7, 11) is 0. The zero-order valence-electron chi connectivity index (χ0n) is 24.9. The van der Waals surface area contributed by atoms with Crippen LogP contribution in [0.2, 0.25) is 0 Å². The summed E-state index contributed by atoms with van der Waals surface area (Å²) in [5.41, 5.74) is 4.33. The van der Waals surface area contributed by atoms with Gasteiger partial charge in [-0.2, -0.15) is 0 Å². The topological polar surface area (TPSA) is 143 Å². The van der Waals surface area contributed by atoms with E-state index in [0.717, 1.165) is 26.9 Å². The van der Waals surface area contributed by atoms with Crippen LogP contribution >= 0.6 is 11.3 Å². The molecule has 1 fully saturated rings. The molecule has 47 heavy (non-hydrogen) atoms. The molecule has 236 valence electrons. The molecule has 0 bridgehead atoms. The van der Waals surface area contributed by atoms with Gasteiger partial charge in [0.1, 0.15) is 28.4 Å². The van der Waals surface area contributed by atoms with Crippen LogP contribution in [0.1, 0.15) is 41.6 Å². The van der Waals surface area contributed by atoms with Crippen LogP contribution in [0.15, 0.2) is 73.1 Å². The third kappa shape index (κ3) is 6.42. The molecule has 2 N–H and O–H groups in total. The molecule has 3 aromatic heterocycles. The fourth-order valence-electron chi connectivity index (χ4n) is 5.65. The number of thiazole rings is 1. The zero-order chi connectivity index (χ0) is 32.5. The van der Waals surface area contributed by atoms with E-state index in [-0.39, 0.29) is 49.5 Å². The lowest BCUT2D eigenvalue weighted by atomic mass is 10.0. The van der Waals surface area contributed by atoms with Gasteiger partial charge in [0.2, 0.25) is 17.7 Å². The van der Waals surface area contributed by atoms with Crippen LogP contribution in [-0.4, -0.2) is 56.1 Å². The van der Waals surface area contributed by atoms with Crippen molar-refractivity contribution in [2.75, 3.05) is 11.9 Å². The van der Waals surface area contributed by atoms with E-state index < -0.39 is 11.9 Å². The zero-order valence-corrected chi connectivity index (χ0v) is 25.7. The second-order valence-electron chi connectivity index (χ2n) is 11.2. The third-order valence-electron chi connectivity index (χ3n) is 8.01. The van der Waals surface area contributed by atoms with Gasteiger partial charge in [-0.1, -0.05) is 6.07 Å². The maximum Gasteiger partial charge on any atom is 0.255 e. The van der Waals surface area contributed by atoms with Crippen molar-refractivity contribution in [1.29, 1.82) is 0 Å². The van der Waals surface area contributed by atoms with E-state index in [1.54, 1.807) is 42.7 Å². The van der Waals surface area contributed by atoms with E-state index in [9.17, 15) is 23.6 Å². The number of halogens is 1. The van der Waals surface area contributed by atoms with Gasteiger partial charge in [-0.3, -0.25) is 29.5 Å². The van der Waals surface area contributed by atoms with Crippen molar-refractivity contribution in [3.63, 3.8) is 0 Å². The molecule has 2 aliphatic heterocycles. The highest BCUT2D eigenvalue weighted by Gasteiger charge is 2.39. The van der Waals surface area contributed by atoms with Gasteiger partial charge in [0.25, 0.3) is 5.91 Å². The van der Waals surface area contributed by atoms with Gasteiger partial charge in [0.05, 0.1) is 22.5 Å². The number of carbonyl (C=O) groups excluding carboxylic acids is 4. The van der Waals surface area contributed by atoms with E-state index >= 15 is 0 Å². The lowest BCUT2D eigenvalue weighted by molar-refractivity contribution is -0.137. The molecule has 5 aromatic rings. The first-order chi connectivity index (χ1) is 22.8. The molecule has 1 unspecified atom stereocenters.